The lowest BCUT2D eigenvalue weighted by atomic mass is 10.2. The zero-order chi connectivity index (χ0) is 20.0. The number of sulfonamides is 1. The molecule has 0 saturated carbocycles. The Kier molecular flexibility index (Phi) is 6.77. The standard InChI is InChI=1S/C19H20ClNO6S/c20-16-5-2-1-4-14(16)13-27-19(22)6-3-9-21-28(23,24)15-7-8-17-18(12-15)26-11-10-25-17/h1-2,4-5,7-8,12,21H,3,6,9-11,13H2. The van der Waals surface area contributed by atoms with Gasteiger partial charge in [-0.05, 0) is 24.6 Å². The van der Waals surface area contributed by atoms with Crippen LogP contribution >= 0.6 is 11.6 Å². The predicted molar refractivity (Wildman–Crippen MR) is 103 cm³/mol. The molecule has 0 radical (unpaired) electrons. The van der Waals surface area contributed by atoms with Crippen LogP contribution < -0.4 is 14.2 Å². The zero-order valence-electron chi connectivity index (χ0n) is 15.0. The van der Waals surface area contributed by atoms with Gasteiger partial charge in [-0.15, -0.1) is 0 Å². The molecule has 1 heterocycles. The molecule has 0 aliphatic carbocycles. The molecule has 0 atom stereocenters. The van der Waals surface area contributed by atoms with E-state index in [1.807, 2.05) is 6.07 Å². The minimum absolute atomic E-state index is 0.0815. The molecule has 0 fully saturated rings. The lowest BCUT2D eigenvalue weighted by Gasteiger charge is -2.18. The Morgan fingerprint density at radius 1 is 1.11 bits per heavy atom. The minimum atomic E-state index is -3.71. The van der Waals surface area contributed by atoms with Crippen LogP contribution in [-0.4, -0.2) is 34.1 Å². The van der Waals surface area contributed by atoms with Gasteiger partial charge in [0.05, 0.1) is 4.90 Å². The molecule has 1 aliphatic rings. The second-order valence-electron chi connectivity index (χ2n) is 6.06. The van der Waals surface area contributed by atoms with Crippen LogP contribution in [0, 0.1) is 0 Å². The van der Waals surface area contributed by atoms with Crippen molar-refractivity contribution in [2.45, 2.75) is 24.3 Å². The molecule has 9 heteroatoms. The van der Waals surface area contributed by atoms with Gasteiger partial charge in [0.15, 0.2) is 11.5 Å². The molecule has 28 heavy (non-hydrogen) atoms. The van der Waals surface area contributed by atoms with Crippen molar-refractivity contribution >= 4 is 27.6 Å². The van der Waals surface area contributed by atoms with Gasteiger partial charge in [0.1, 0.15) is 19.8 Å². The maximum atomic E-state index is 12.4. The van der Waals surface area contributed by atoms with Crippen molar-refractivity contribution in [3.8, 4) is 11.5 Å². The van der Waals surface area contributed by atoms with E-state index in [1.54, 1.807) is 24.3 Å². The van der Waals surface area contributed by atoms with E-state index in [9.17, 15) is 13.2 Å². The third-order valence-corrected chi connectivity index (χ3v) is 5.85. The lowest BCUT2D eigenvalue weighted by molar-refractivity contribution is -0.145. The molecule has 0 aromatic heterocycles. The summed E-state index contributed by atoms with van der Waals surface area (Å²) in [6.45, 7) is 1.00. The molecule has 0 unspecified atom stereocenters. The van der Waals surface area contributed by atoms with Gasteiger partial charge >= 0.3 is 5.97 Å². The molecule has 2 aromatic rings. The lowest BCUT2D eigenvalue weighted by Crippen LogP contribution is -2.25. The Morgan fingerprint density at radius 2 is 1.86 bits per heavy atom. The Labute approximate surface area is 168 Å². The maximum absolute atomic E-state index is 12.4. The van der Waals surface area contributed by atoms with Gasteiger partial charge in [-0.1, -0.05) is 29.8 Å². The third kappa shape index (κ3) is 5.37. The number of carbonyl (C=O) groups excluding carboxylic acids is 1. The largest absolute Gasteiger partial charge is 0.486 e. The fraction of sp³-hybridized carbons (Fsp3) is 0.316. The summed E-state index contributed by atoms with van der Waals surface area (Å²) in [7, 11) is -3.71. The molecule has 1 aliphatic heterocycles. The number of hydrogen-bond acceptors (Lipinski definition) is 6. The summed E-state index contributed by atoms with van der Waals surface area (Å²) in [6.07, 6.45) is 0.402. The molecule has 2 aromatic carbocycles. The molecule has 3 rings (SSSR count). The molecule has 0 bridgehead atoms. The Hall–Kier alpha value is -2.29. The Morgan fingerprint density at radius 3 is 2.64 bits per heavy atom. The van der Waals surface area contributed by atoms with E-state index in [-0.39, 0.29) is 24.5 Å². The highest BCUT2D eigenvalue weighted by Gasteiger charge is 2.19. The van der Waals surface area contributed by atoms with E-state index in [0.29, 0.717) is 36.2 Å². The van der Waals surface area contributed by atoms with Crippen molar-refractivity contribution in [3.05, 3.63) is 53.1 Å². The normalized spacial score (nSPS) is 13.2. The first kappa shape index (κ1) is 20.4. The third-order valence-electron chi connectivity index (χ3n) is 4.02. The van der Waals surface area contributed by atoms with Crippen molar-refractivity contribution in [2.75, 3.05) is 19.8 Å². The van der Waals surface area contributed by atoms with Crippen LogP contribution in [0.3, 0.4) is 0 Å². The van der Waals surface area contributed by atoms with E-state index in [0.717, 1.165) is 5.56 Å². The Balaban J connectivity index is 1.44. The number of halogens is 1. The van der Waals surface area contributed by atoms with Gasteiger partial charge in [0, 0.05) is 29.6 Å². The first-order chi connectivity index (χ1) is 13.5. The fourth-order valence-electron chi connectivity index (χ4n) is 2.56. The van der Waals surface area contributed by atoms with Crippen molar-refractivity contribution in [1.82, 2.24) is 4.72 Å². The molecule has 7 nitrogen and oxygen atoms in total. The van der Waals surface area contributed by atoms with Crippen LogP contribution in [0.15, 0.2) is 47.4 Å². The van der Waals surface area contributed by atoms with Gasteiger partial charge < -0.3 is 14.2 Å². The highest BCUT2D eigenvalue weighted by molar-refractivity contribution is 7.89. The van der Waals surface area contributed by atoms with Crippen molar-refractivity contribution < 1.29 is 27.4 Å². The summed E-state index contributed by atoms with van der Waals surface area (Å²) >= 11 is 6.00. The monoisotopic (exact) mass is 425 g/mol. The summed E-state index contributed by atoms with van der Waals surface area (Å²) in [4.78, 5) is 11.9. The van der Waals surface area contributed by atoms with Crippen LogP contribution in [0.1, 0.15) is 18.4 Å². The van der Waals surface area contributed by atoms with Crippen LogP contribution in [0.5, 0.6) is 11.5 Å². The van der Waals surface area contributed by atoms with Crippen molar-refractivity contribution in [3.63, 3.8) is 0 Å². The highest BCUT2D eigenvalue weighted by atomic mass is 35.5. The average molecular weight is 426 g/mol. The topological polar surface area (TPSA) is 90.9 Å². The number of esters is 1. The van der Waals surface area contributed by atoms with E-state index in [2.05, 4.69) is 4.72 Å². The molecule has 0 amide bonds. The van der Waals surface area contributed by atoms with E-state index in [1.165, 1.54) is 12.1 Å². The first-order valence-corrected chi connectivity index (χ1v) is 10.6. The summed E-state index contributed by atoms with van der Waals surface area (Å²) in [5, 5.41) is 0.530. The van der Waals surface area contributed by atoms with Gasteiger partial charge in [-0.2, -0.15) is 0 Å². The van der Waals surface area contributed by atoms with Crippen LogP contribution in [0.2, 0.25) is 5.02 Å². The fourth-order valence-corrected chi connectivity index (χ4v) is 3.84. The molecule has 0 spiro atoms. The highest BCUT2D eigenvalue weighted by Crippen LogP contribution is 2.32. The average Bonchev–Trinajstić information content (AvgIpc) is 2.70. The molecule has 150 valence electrons. The SMILES string of the molecule is O=C(CCCNS(=O)(=O)c1ccc2c(c1)OCCO2)OCc1ccccc1Cl. The number of fused-ring (bicyclic) bond motifs is 1. The zero-order valence-corrected chi connectivity index (χ0v) is 16.6. The number of carbonyl (C=O) groups is 1. The number of benzene rings is 2. The summed E-state index contributed by atoms with van der Waals surface area (Å²) in [5.41, 5.74) is 0.719. The van der Waals surface area contributed by atoms with Gasteiger partial charge in [-0.3, -0.25) is 4.79 Å². The van der Waals surface area contributed by atoms with Crippen LogP contribution in [0.4, 0.5) is 0 Å². The molecular formula is C19H20ClNO6S. The van der Waals surface area contributed by atoms with Crippen LogP contribution in [0.25, 0.3) is 0 Å². The molecule has 1 N–H and O–H groups in total. The second-order valence-corrected chi connectivity index (χ2v) is 8.23. The molecule has 0 saturated heterocycles. The summed E-state index contributed by atoms with van der Waals surface area (Å²) in [5.74, 6) is 0.502. The first-order valence-electron chi connectivity index (χ1n) is 8.74. The van der Waals surface area contributed by atoms with E-state index >= 15 is 0 Å². The van der Waals surface area contributed by atoms with Gasteiger partial charge in [-0.25, -0.2) is 13.1 Å². The smallest absolute Gasteiger partial charge is 0.306 e. The van der Waals surface area contributed by atoms with Crippen molar-refractivity contribution in [2.24, 2.45) is 0 Å². The number of nitrogens with one attached hydrogen (secondary N) is 1. The second kappa shape index (κ2) is 9.27. The summed E-state index contributed by atoms with van der Waals surface area (Å²) in [6, 6.07) is 11.5. The minimum Gasteiger partial charge on any atom is -0.486 e. The molecular weight excluding hydrogens is 406 g/mol. The Bertz CT molecular complexity index is 947. The quantitative estimate of drug-likeness (QED) is 0.516. The van der Waals surface area contributed by atoms with Gasteiger partial charge in [0.2, 0.25) is 10.0 Å². The summed E-state index contributed by atoms with van der Waals surface area (Å²) < 4.78 is 43.1. The van der Waals surface area contributed by atoms with Gasteiger partial charge in [0.25, 0.3) is 0 Å². The van der Waals surface area contributed by atoms with Crippen molar-refractivity contribution in [1.29, 1.82) is 0 Å². The maximum Gasteiger partial charge on any atom is 0.306 e. The number of ether oxygens (including phenoxy) is 3. The number of rotatable bonds is 8. The van der Waals surface area contributed by atoms with Crippen LogP contribution in [-0.2, 0) is 26.2 Å². The van der Waals surface area contributed by atoms with E-state index < -0.39 is 16.0 Å². The van der Waals surface area contributed by atoms with E-state index in [4.69, 9.17) is 25.8 Å². The predicted octanol–water partition coefficient (Wildman–Crippen LogP) is 2.91. The number of hydrogen-bond donors (Lipinski definition) is 1.